The number of aromatic nitrogens is 2. The zero-order valence-corrected chi connectivity index (χ0v) is 15.4. The summed E-state index contributed by atoms with van der Waals surface area (Å²) in [6.45, 7) is 2.70. The van der Waals surface area contributed by atoms with Gasteiger partial charge >= 0.3 is 0 Å². The van der Waals surface area contributed by atoms with E-state index in [0.29, 0.717) is 6.61 Å². The third-order valence-corrected chi connectivity index (χ3v) is 4.98. The number of fused-ring (bicyclic) bond motifs is 1. The molecular formula is C20H19N3O2S. The minimum atomic E-state index is 0.116. The summed E-state index contributed by atoms with van der Waals surface area (Å²) in [5.41, 5.74) is 2.70. The lowest BCUT2D eigenvalue weighted by atomic mass is 10.2. The Bertz CT molecular complexity index is 1050. The van der Waals surface area contributed by atoms with E-state index in [4.69, 9.17) is 14.1 Å². The second-order valence-electron chi connectivity index (χ2n) is 6.05. The Morgan fingerprint density at radius 1 is 1.27 bits per heavy atom. The largest absolute Gasteiger partial charge is 0.454 e. The van der Waals surface area contributed by atoms with Crippen molar-refractivity contribution < 1.29 is 9.15 Å². The van der Waals surface area contributed by atoms with Crippen LogP contribution >= 0.6 is 11.3 Å². The monoisotopic (exact) mass is 365 g/mol. The summed E-state index contributed by atoms with van der Waals surface area (Å²) in [6.07, 6.45) is 3.50. The maximum absolute atomic E-state index is 6.08. The molecule has 26 heavy (non-hydrogen) atoms. The quantitative estimate of drug-likeness (QED) is 0.510. The van der Waals surface area contributed by atoms with Gasteiger partial charge in [-0.15, -0.1) is 11.3 Å². The first-order chi connectivity index (χ1) is 12.8. The van der Waals surface area contributed by atoms with E-state index in [2.05, 4.69) is 34.0 Å². The molecule has 0 N–H and O–H groups in total. The van der Waals surface area contributed by atoms with Crippen LogP contribution in [0.5, 0.6) is 0 Å². The molecule has 0 radical (unpaired) electrons. The van der Waals surface area contributed by atoms with Crippen LogP contribution in [0.1, 0.15) is 13.0 Å². The van der Waals surface area contributed by atoms with E-state index in [1.54, 1.807) is 30.8 Å². The number of rotatable bonds is 5. The van der Waals surface area contributed by atoms with Crippen LogP contribution < -0.4 is 4.80 Å². The first-order valence-electron chi connectivity index (χ1n) is 8.39. The van der Waals surface area contributed by atoms with Crippen LogP contribution in [0.25, 0.3) is 22.4 Å². The summed E-state index contributed by atoms with van der Waals surface area (Å²) >= 11 is 1.58. The number of thiazole rings is 1. The van der Waals surface area contributed by atoms with E-state index in [1.165, 1.54) is 0 Å². The molecule has 3 heterocycles. The van der Waals surface area contributed by atoms with Crippen molar-refractivity contribution in [2.45, 2.75) is 13.0 Å². The minimum absolute atomic E-state index is 0.116. The van der Waals surface area contributed by atoms with Crippen LogP contribution in [0.15, 0.2) is 69.6 Å². The van der Waals surface area contributed by atoms with Crippen molar-refractivity contribution in [3.05, 3.63) is 65.0 Å². The van der Waals surface area contributed by atoms with Crippen molar-refractivity contribution in [3.63, 3.8) is 0 Å². The van der Waals surface area contributed by atoms with E-state index in [9.17, 15) is 0 Å². The Labute approximate surface area is 155 Å². The Morgan fingerprint density at radius 3 is 2.92 bits per heavy atom. The molecule has 4 aromatic rings. The van der Waals surface area contributed by atoms with Gasteiger partial charge in [-0.25, -0.2) is 4.99 Å². The molecule has 6 heteroatoms. The number of hydrogen-bond acceptors (Lipinski definition) is 5. The number of nitrogens with zero attached hydrogens (tertiary/aromatic N) is 3. The van der Waals surface area contributed by atoms with Gasteiger partial charge in [-0.1, -0.05) is 18.2 Å². The number of ether oxygens (including phenoxy) is 1. The first-order valence-corrected chi connectivity index (χ1v) is 9.27. The van der Waals surface area contributed by atoms with Gasteiger partial charge in [0.05, 0.1) is 30.2 Å². The second-order valence-corrected chi connectivity index (χ2v) is 6.89. The van der Waals surface area contributed by atoms with Gasteiger partial charge in [-0.3, -0.25) is 4.98 Å². The van der Waals surface area contributed by atoms with Crippen LogP contribution in [0, 0.1) is 0 Å². The highest BCUT2D eigenvalue weighted by Crippen LogP contribution is 2.30. The van der Waals surface area contributed by atoms with E-state index in [1.807, 2.05) is 30.3 Å². The van der Waals surface area contributed by atoms with Crippen molar-refractivity contribution >= 4 is 28.0 Å². The van der Waals surface area contributed by atoms with Gasteiger partial charge < -0.3 is 13.7 Å². The van der Waals surface area contributed by atoms with E-state index in [0.717, 1.165) is 32.9 Å². The maximum atomic E-state index is 6.08. The van der Waals surface area contributed by atoms with Gasteiger partial charge in [0, 0.05) is 24.1 Å². The fourth-order valence-electron chi connectivity index (χ4n) is 2.96. The molecule has 1 aromatic carbocycles. The van der Waals surface area contributed by atoms with Gasteiger partial charge in [0.2, 0.25) is 0 Å². The molecule has 0 saturated carbocycles. The normalized spacial score (nSPS) is 13.4. The molecule has 0 aliphatic carbocycles. The standard InChI is InChI=1S/C20H19N3O2S/c1-14(12-24-2)23-17(19-10-15-6-3-4-8-18(15)25-19)13-26-20(23)22-16-7-5-9-21-11-16/h3-11,13-14H,12H2,1-2H3. The Morgan fingerprint density at radius 2 is 2.15 bits per heavy atom. The molecule has 0 fully saturated rings. The molecule has 5 nitrogen and oxygen atoms in total. The molecule has 0 aliphatic rings. The van der Waals surface area contributed by atoms with Crippen molar-refractivity contribution in [3.8, 4) is 11.5 Å². The summed E-state index contributed by atoms with van der Waals surface area (Å²) in [7, 11) is 1.71. The molecule has 4 rings (SSSR count). The molecule has 0 amide bonds. The number of pyridine rings is 1. The molecule has 132 valence electrons. The van der Waals surface area contributed by atoms with E-state index in [-0.39, 0.29) is 6.04 Å². The van der Waals surface area contributed by atoms with Gasteiger partial charge in [0.25, 0.3) is 0 Å². The third-order valence-electron chi connectivity index (χ3n) is 4.14. The second kappa shape index (κ2) is 7.27. The molecule has 0 saturated heterocycles. The number of benzene rings is 1. The molecule has 3 aromatic heterocycles. The average Bonchev–Trinajstić information content (AvgIpc) is 3.26. The zero-order chi connectivity index (χ0) is 17.9. The molecule has 1 unspecified atom stereocenters. The predicted molar refractivity (Wildman–Crippen MR) is 104 cm³/mol. The molecule has 0 bridgehead atoms. The smallest absolute Gasteiger partial charge is 0.190 e. The van der Waals surface area contributed by atoms with E-state index < -0.39 is 0 Å². The Kier molecular flexibility index (Phi) is 4.69. The fourth-order valence-corrected chi connectivity index (χ4v) is 3.96. The van der Waals surface area contributed by atoms with Crippen LogP contribution in [-0.2, 0) is 4.74 Å². The summed E-state index contributed by atoms with van der Waals surface area (Å²) in [4.78, 5) is 9.80. The topological polar surface area (TPSA) is 52.5 Å². The van der Waals surface area contributed by atoms with Gasteiger partial charge in [-0.2, -0.15) is 0 Å². The Hall–Kier alpha value is -2.70. The Balaban J connectivity index is 1.88. The lowest BCUT2D eigenvalue weighted by Gasteiger charge is -2.15. The highest BCUT2D eigenvalue weighted by Gasteiger charge is 2.17. The highest BCUT2D eigenvalue weighted by atomic mass is 32.1. The summed E-state index contributed by atoms with van der Waals surface area (Å²) in [6, 6.07) is 14.0. The van der Waals surface area contributed by atoms with Crippen LogP contribution in [0.2, 0.25) is 0 Å². The van der Waals surface area contributed by atoms with Gasteiger partial charge in [0.15, 0.2) is 10.6 Å². The highest BCUT2D eigenvalue weighted by molar-refractivity contribution is 7.07. The van der Waals surface area contributed by atoms with Crippen LogP contribution in [0.3, 0.4) is 0 Å². The zero-order valence-electron chi connectivity index (χ0n) is 14.6. The molecule has 1 atom stereocenters. The van der Waals surface area contributed by atoms with Gasteiger partial charge in [-0.05, 0) is 31.2 Å². The number of hydrogen-bond donors (Lipinski definition) is 0. The third kappa shape index (κ3) is 3.21. The average molecular weight is 365 g/mol. The lowest BCUT2D eigenvalue weighted by molar-refractivity contribution is 0.161. The fraction of sp³-hybridized carbons (Fsp3) is 0.200. The van der Waals surface area contributed by atoms with Crippen LogP contribution in [-0.4, -0.2) is 23.3 Å². The summed E-state index contributed by atoms with van der Waals surface area (Å²) < 4.78 is 13.6. The minimum Gasteiger partial charge on any atom is -0.454 e. The maximum Gasteiger partial charge on any atom is 0.190 e. The number of methoxy groups -OCH3 is 1. The number of para-hydroxylation sites is 1. The van der Waals surface area contributed by atoms with Crippen molar-refractivity contribution in [1.29, 1.82) is 0 Å². The van der Waals surface area contributed by atoms with Crippen molar-refractivity contribution in [2.24, 2.45) is 4.99 Å². The van der Waals surface area contributed by atoms with Crippen LogP contribution in [0.4, 0.5) is 5.69 Å². The first kappa shape index (κ1) is 16.8. The molecule has 0 aliphatic heterocycles. The summed E-state index contributed by atoms with van der Waals surface area (Å²) in [5, 5.41) is 3.17. The van der Waals surface area contributed by atoms with Crippen molar-refractivity contribution in [1.82, 2.24) is 9.55 Å². The van der Waals surface area contributed by atoms with Gasteiger partial charge in [0.1, 0.15) is 5.58 Å². The van der Waals surface area contributed by atoms with Crippen molar-refractivity contribution in [2.75, 3.05) is 13.7 Å². The summed E-state index contributed by atoms with van der Waals surface area (Å²) in [5.74, 6) is 0.832. The predicted octanol–water partition coefficient (Wildman–Crippen LogP) is 4.80. The lowest BCUT2D eigenvalue weighted by Crippen LogP contribution is -2.22. The molecule has 0 spiro atoms. The SMILES string of the molecule is COCC(C)n1c(-c2cc3ccccc3o2)csc1=Nc1cccnc1. The van der Waals surface area contributed by atoms with E-state index >= 15 is 0 Å². The molecular weight excluding hydrogens is 346 g/mol. The number of furan rings is 1.